The maximum atomic E-state index is 12.2. The second-order valence-corrected chi connectivity index (χ2v) is 6.94. The van der Waals surface area contributed by atoms with Crippen LogP contribution in [0.5, 0.6) is 0 Å². The SMILES string of the molecule is CCN1C[C@@H](c2nc3ccccc3n2Cc2cccc(Cl)c2)CC1=O. The average Bonchev–Trinajstić information content (AvgIpc) is 3.16. The van der Waals surface area contributed by atoms with Gasteiger partial charge in [0.05, 0.1) is 11.0 Å². The molecular weight excluding hydrogens is 334 g/mol. The summed E-state index contributed by atoms with van der Waals surface area (Å²) in [5.74, 6) is 1.35. The lowest BCUT2D eigenvalue weighted by Gasteiger charge is -2.15. The molecule has 128 valence electrons. The van der Waals surface area contributed by atoms with E-state index in [1.165, 1.54) is 0 Å². The van der Waals surface area contributed by atoms with E-state index in [0.29, 0.717) is 13.0 Å². The largest absolute Gasteiger partial charge is 0.342 e. The average molecular weight is 354 g/mol. The van der Waals surface area contributed by atoms with Crippen LogP contribution in [0.4, 0.5) is 0 Å². The number of nitrogens with zero attached hydrogens (tertiary/aromatic N) is 3. The van der Waals surface area contributed by atoms with Gasteiger partial charge in [-0.3, -0.25) is 4.79 Å². The van der Waals surface area contributed by atoms with E-state index in [1.54, 1.807) is 0 Å². The maximum absolute atomic E-state index is 12.2. The minimum Gasteiger partial charge on any atom is -0.342 e. The van der Waals surface area contributed by atoms with E-state index < -0.39 is 0 Å². The predicted molar refractivity (Wildman–Crippen MR) is 99.9 cm³/mol. The summed E-state index contributed by atoms with van der Waals surface area (Å²) in [6.45, 7) is 4.22. The molecular formula is C20H20ClN3O. The fourth-order valence-corrected chi connectivity index (χ4v) is 3.85. The molecule has 1 aromatic heterocycles. The molecule has 1 saturated heterocycles. The van der Waals surface area contributed by atoms with Crippen LogP contribution in [0.25, 0.3) is 11.0 Å². The zero-order valence-electron chi connectivity index (χ0n) is 14.2. The highest BCUT2D eigenvalue weighted by Crippen LogP contribution is 2.31. The van der Waals surface area contributed by atoms with E-state index in [9.17, 15) is 4.79 Å². The Balaban J connectivity index is 1.77. The van der Waals surface area contributed by atoms with E-state index in [-0.39, 0.29) is 11.8 Å². The lowest BCUT2D eigenvalue weighted by atomic mass is 10.1. The summed E-state index contributed by atoms with van der Waals surface area (Å²) >= 11 is 6.15. The number of aromatic nitrogens is 2. The van der Waals surface area contributed by atoms with Gasteiger partial charge in [-0.15, -0.1) is 0 Å². The minimum atomic E-state index is 0.138. The fourth-order valence-electron chi connectivity index (χ4n) is 3.64. The second-order valence-electron chi connectivity index (χ2n) is 6.51. The summed E-state index contributed by atoms with van der Waals surface area (Å²) in [7, 11) is 0. The monoisotopic (exact) mass is 353 g/mol. The first-order valence-electron chi connectivity index (χ1n) is 8.63. The standard InChI is InChI=1S/C20H20ClN3O/c1-2-23-13-15(11-19(23)25)20-22-17-8-3-4-9-18(17)24(20)12-14-6-5-7-16(21)10-14/h3-10,15H,2,11-13H2,1H3/t15-/m0/s1. The van der Waals surface area contributed by atoms with Crippen LogP contribution in [0, 0.1) is 0 Å². The van der Waals surface area contributed by atoms with Gasteiger partial charge in [0.15, 0.2) is 0 Å². The predicted octanol–water partition coefficient (Wildman–Crippen LogP) is 4.07. The second kappa shape index (κ2) is 6.52. The van der Waals surface area contributed by atoms with Gasteiger partial charge in [0.25, 0.3) is 0 Å². The number of benzene rings is 2. The minimum absolute atomic E-state index is 0.138. The van der Waals surface area contributed by atoms with Crippen molar-refractivity contribution < 1.29 is 4.79 Å². The van der Waals surface area contributed by atoms with Crippen molar-refractivity contribution in [1.82, 2.24) is 14.5 Å². The molecule has 1 aliphatic rings. The van der Waals surface area contributed by atoms with Crippen molar-refractivity contribution >= 4 is 28.5 Å². The molecule has 2 aromatic carbocycles. The number of halogens is 1. The fraction of sp³-hybridized carbons (Fsp3) is 0.300. The van der Waals surface area contributed by atoms with Crippen molar-refractivity contribution in [3.63, 3.8) is 0 Å². The van der Waals surface area contributed by atoms with Crippen LogP contribution >= 0.6 is 11.6 Å². The van der Waals surface area contributed by atoms with Crippen molar-refractivity contribution in [2.45, 2.75) is 25.8 Å². The highest BCUT2D eigenvalue weighted by atomic mass is 35.5. The lowest BCUT2D eigenvalue weighted by Crippen LogP contribution is -2.24. The van der Waals surface area contributed by atoms with Crippen LogP contribution in [-0.2, 0) is 11.3 Å². The molecule has 4 nitrogen and oxygen atoms in total. The molecule has 0 spiro atoms. The quantitative estimate of drug-likeness (QED) is 0.709. The highest BCUT2D eigenvalue weighted by Gasteiger charge is 2.33. The van der Waals surface area contributed by atoms with Crippen molar-refractivity contribution in [3.05, 3.63) is 64.9 Å². The van der Waals surface area contributed by atoms with Crippen LogP contribution in [-0.4, -0.2) is 33.4 Å². The zero-order valence-corrected chi connectivity index (χ0v) is 14.9. The zero-order chi connectivity index (χ0) is 17.4. The van der Waals surface area contributed by atoms with Crippen molar-refractivity contribution in [2.24, 2.45) is 0 Å². The van der Waals surface area contributed by atoms with Crippen LogP contribution in [0.15, 0.2) is 48.5 Å². The summed E-state index contributed by atoms with van der Waals surface area (Å²) in [5, 5.41) is 0.733. The highest BCUT2D eigenvalue weighted by molar-refractivity contribution is 6.30. The van der Waals surface area contributed by atoms with E-state index in [2.05, 4.69) is 16.7 Å². The Kier molecular flexibility index (Phi) is 4.22. The molecule has 1 atom stereocenters. The lowest BCUT2D eigenvalue weighted by molar-refractivity contribution is -0.127. The van der Waals surface area contributed by atoms with Crippen LogP contribution < -0.4 is 0 Å². The van der Waals surface area contributed by atoms with Crippen molar-refractivity contribution in [3.8, 4) is 0 Å². The van der Waals surface area contributed by atoms with E-state index in [1.807, 2.05) is 48.2 Å². The molecule has 0 saturated carbocycles. The first-order chi connectivity index (χ1) is 12.2. The molecule has 3 aromatic rings. The summed E-state index contributed by atoms with van der Waals surface area (Å²) in [6.07, 6.45) is 0.534. The first kappa shape index (κ1) is 16.2. The maximum Gasteiger partial charge on any atom is 0.223 e. The summed E-state index contributed by atoms with van der Waals surface area (Å²) < 4.78 is 2.23. The number of para-hydroxylation sites is 2. The number of imidazole rings is 1. The number of carbonyl (C=O) groups excluding carboxylic acids is 1. The number of amides is 1. The van der Waals surface area contributed by atoms with Gasteiger partial charge in [-0.2, -0.15) is 0 Å². The third-order valence-electron chi connectivity index (χ3n) is 4.88. The topological polar surface area (TPSA) is 38.1 Å². The third kappa shape index (κ3) is 3.02. The molecule has 2 heterocycles. The Morgan fingerprint density at radius 2 is 2.04 bits per heavy atom. The van der Waals surface area contributed by atoms with Crippen LogP contribution in [0.1, 0.15) is 30.7 Å². The van der Waals surface area contributed by atoms with Gasteiger partial charge in [-0.1, -0.05) is 35.9 Å². The van der Waals surface area contributed by atoms with Gasteiger partial charge >= 0.3 is 0 Å². The number of fused-ring (bicyclic) bond motifs is 1. The Hall–Kier alpha value is -2.33. The summed E-state index contributed by atoms with van der Waals surface area (Å²) in [5.41, 5.74) is 3.20. The number of rotatable bonds is 4. The molecule has 5 heteroatoms. The molecule has 1 aliphatic heterocycles. The van der Waals surface area contributed by atoms with Gasteiger partial charge in [0.1, 0.15) is 5.82 Å². The molecule has 25 heavy (non-hydrogen) atoms. The van der Waals surface area contributed by atoms with Crippen LogP contribution in [0.2, 0.25) is 5.02 Å². The Labute approximate surface area is 152 Å². The Morgan fingerprint density at radius 1 is 1.20 bits per heavy atom. The number of carbonyl (C=O) groups is 1. The number of likely N-dealkylation sites (tertiary alicyclic amines) is 1. The molecule has 1 fully saturated rings. The molecule has 0 bridgehead atoms. The molecule has 0 aliphatic carbocycles. The van der Waals surface area contributed by atoms with Crippen molar-refractivity contribution in [2.75, 3.05) is 13.1 Å². The smallest absolute Gasteiger partial charge is 0.223 e. The summed E-state index contributed by atoms with van der Waals surface area (Å²) in [4.78, 5) is 19.0. The Bertz CT molecular complexity index is 934. The van der Waals surface area contributed by atoms with E-state index in [0.717, 1.165) is 40.5 Å². The van der Waals surface area contributed by atoms with Gasteiger partial charge in [0, 0.05) is 37.0 Å². The van der Waals surface area contributed by atoms with Gasteiger partial charge in [-0.05, 0) is 36.8 Å². The van der Waals surface area contributed by atoms with Gasteiger partial charge in [-0.25, -0.2) is 4.98 Å². The molecule has 0 radical (unpaired) electrons. The molecule has 4 rings (SSSR count). The van der Waals surface area contributed by atoms with Crippen molar-refractivity contribution in [1.29, 1.82) is 0 Å². The number of hydrogen-bond donors (Lipinski definition) is 0. The van der Waals surface area contributed by atoms with Gasteiger partial charge < -0.3 is 9.47 Å². The third-order valence-corrected chi connectivity index (χ3v) is 5.11. The molecule has 0 N–H and O–H groups in total. The molecule has 0 unspecified atom stereocenters. The van der Waals surface area contributed by atoms with Crippen LogP contribution in [0.3, 0.4) is 0 Å². The number of likely N-dealkylation sites (N-methyl/N-ethyl adjacent to an activating group) is 1. The first-order valence-corrected chi connectivity index (χ1v) is 9.01. The van der Waals surface area contributed by atoms with Gasteiger partial charge in [0.2, 0.25) is 5.91 Å². The number of hydrogen-bond acceptors (Lipinski definition) is 2. The van der Waals surface area contributed by atoms with E-state index >= 15 is 0 Å². The van der Waals surface area contributed by atoms with E-state index in [4.69, 9.17) is 16.6 Å². The summed E-state index contributed by atoms with van der Waals surface area (Å²) in [6, 6.07) is 16.1. The Morgan fingerprint density at radius 3 is 2.80 bits per heavy atom. The molecule has 1 amide bonds. The normalized spacial score (nSPS) is 17.6.